The van der Waals surface area contributed by atoms with E-state index in [0.717, 1.165) is 43.2 Å². The number of hydrogen-bond acceptors (Lipinski definition) is 6. The first-order chi connectivity index (χ1) is 20.6. The third kappa shape index (κ3) is 5.41. The Hall–Kier alpha value is -4.72. The van der Waals surface area contributed by atoms with Gasteiger partial charge < -0.3 is 15.0 Å². The number of aliphatic imine (C=N–C) groups is 2. The zero-order valence-electron chi connectivity index (χ0n) is 26.9. The van der Waals surface area contributed by atoms with Gasteiger partial charge in [-0.25, -0.2) is 0 Å². The fraction of sp³-hybridized carbons (Fsp3) is 0.351. The number of amidine groups is 2. The standard InChI is InChI=1S/C37H38N4O3/c1-34(2)36(5,6)40(42)32(38-34)29-18-14-25(15-19-29)10-12-27-22-28(24-31(23-27)44-9)13-11-26-16-20-30(21-17-26)33-39-35(3,4)37(7,8)41(33)43/h14-24H,1-9H3. The number of hydrogen-bond donors (Lipinski definition) is 0. The van der Waals surface area contributed by atoms with Crippen LogP contribution < -0.4 is 4.74 Å². The molecule has 0 spiro atoms. The number of nitrogens with zero attached hydrogens (tertiary/aromatic N) is 4. The molecule has 0 saturated carbocycles. The maximum atomic E-state index is 12.9. The van der Waals surface area contributed by atoms with Gasteiger partial charge >= 0.3 is 5.84 Å². The normalized spacial score (nSPS) is 18.9. The lowest BCUT2D eigenvalue weighted by Crippen LogP contribution is -2.50. The summed E-state index contributed by atoms with van der Waals surface area (Å²) in [6.45, 7) is 15.6. The second-order valence-corrected chi connectivity index (χ2v) is 13.3. The van der Waals surface area contributed by atoms with Crippen LogP contribution in [-0.4, -0.2) is 50.8 Å². The lowest BCUT2D eigenvalue weighted by atomic mass is 9.84. The molecule has 0 N–H and O–H groups in total. The molecule has 0 bridgehead atoms. The van der Waals surface area contributed by atoms with Gasteiger partial charge in [-0.3, -0.25) is 4.99 Å². The van der Waals surface area contributed by atoms with E-state index in [1.54, 1.807) is 7.11 Å². The van der Waals surface area contributed by atoms with Crippen molar-refractivity contribution in [3.8, 4) is 29.4 Å². The lowest BCUT2D eigenvalue weighted by Gasteiger charge is -2.45. The van der Waals surface area contributed by atoms with Gasteiger partial charge in [-0.2, -0.15) is 0 Å². The highest BCUT2D eigenvalue weighted by atomic mass is 16.5. The highest BCUT2D eigenvalue weighted by Crippen LogP contribution is 2.38. The van der Waals surface area contributed by atoms with Crippen LogP contribution in [-0.2, 0) is 0 Å². The van der Waals surface area contributed by atoms with E-state index in [4.69, 9.17) is 14.7 Å². The van der Waals surface area contributed by atoms with Gasteiger partial charge in [-0.15, -0.1) is 0 Å². The molecule has 0 unspecified atom stereocenters. The fourth-order valence-electron chi connectivity index (χ4n) is 4.84. The second kappa shape index (κ2) is 10.8. The summed E-state index contributed by atoms with van der Waals surface area (Å²) in [7, 11) is 1.61. The van der Waals surface area contributed by atoms with Crippen LogP contribution in [0.5, 0.6) is 5.75 Å². The number of ether oxygens (including phenoxy) is 1. The van der Waals surface area contributed by atoms with Crippen LogP contribution in [0.4, 0.5) is 0 Å². The van der Waals surface area contributed by atoms with Gasteiger partial charge in [0.15, 0.2) is 11.1 Å². The van der Waals surface area contributed by atoms with Crippen molar-refractivity contribution in [2.24, 2.45) is 9.98 Å². The highest BCUT2D eigenvalue weighted by Gasteiger charge is 2.59. The van der Waals surface area contributed by atoms with Crippen LogP contribution in [0.15, 0.2) is 76.7 Å². The van der Waals surface area contributed by atoms with Gasteiger partial charge in [0.2, 0.25) is 0 Å². The van der Waals surface area contributed by atoms with Crippen LogP contribution in [0.25, 0.3) is 0 Å². The Bertz CT molecular complexity index is 1820. The van der Waals surface area contributed by atoms with Gasteiger partial charge in [-0.1, -0.05) is 45.7 Å². The molecule has 0 atom stereocenters. The molecule has 0 amide bonds. The summed E-state index contributed by atoms with van der Waals surface area (Å²) in [5.41, 5.74) is 2.47. The topological polar surface area (TPSA) is 80.3 Å². The Balaban J connectivity index is 1.34. The van der Waals surface area contributed by atoms with Crippen LogP contribution in [0.3, 0.4) is 0 Å². The first-order valence-electron chi connectivity index (χ1n) is 14.6. The Morgan fingerprint density at radius 2 is 1.16 bits per heavy atom. The van der Waals surface area contributed by atoms with E-state index in [1.165, 1.54) is 0 Å². The van der Waals surface area contributed by atoms with Gasteiger partial charge in [0, 0.05) is 33.4 Å². The lowest BCUT2D eigenvalue weighted by molar-refractivity contribution is -0.514. The van der Waals surface area contributed by atoms with Crippen LogP contribution in [0, 0.1) is 33.8 Å². The summed E-state index contributed by atoms with van der Waals surface area (Å²) in [4.78, 5) is 22.3. The third-order valence-electron chi connectivity index (χ3n) is 9.30. The van der Waals surface area contributed by atoms with E-state index in [-0.39, 0.29) is 0 Å². The van der Waals surface area contributed by atoms with E-state index in [9.17, 15) is 10.1 Å². The molecule has 0 radical (unpaired) electrons. The molecule has 5 rings (SSSR count). The largest absolute Gasteiger partial charge is 0.757 e. The second-order valence-electron chi connectivity index (χ2n) is 13.3. The molecule has 0 fully saturated rings. The van der Waals surface area contributed by atoms with Crippen LogP contribution >= 0.6 is 0 Å². The van der Waals surface area contributed by atoms with Gasteiger partial charge in [-0.05, 0) is 115 Å². The molecule has 44 heavy (non-hydrogen) atoms. The molecule has 2 heterocycles. The zero-order valence-corrected chi connectivity index (χ0v) is 26.9. The predicted octanol–water partition coefficient (Wildman–Crippen LogP) is 6.71. The highest BCUT2D eigenvalue weighted by molar-refractivity contribution is 6.01. The van der Waals surface area contributed by atoms with Crippen molar-refractivity contribution in [1.29, 1.82) is 0 Å². The van der Waals surface area contributed by atoms with E-state index < -0.39 is 22.2 Å². The molecular formula is C37H38N4O3. The zero-order chi connectivity index (χ0) is 32.1. The Morgan fingerprint density at radius 3 is 1.57 bits per heavy atom. The van der Waals surface area contributed by atoms with E-state index in [0.29, 0.717) is 17.4 Å². The predicted molar refractivity (Wildman–Crippen MR) is 176 cm³/mol. The van der Waals surface area contributed by atoms with Gasteiger partial charge in [0.05, 0.1) is 18.2 Å². The molecule has 2 aliphatic rings. The van der Waals surface area contributed by atoms with Crippen molar-refractivity contribution < 1.29 is 9.50 Å². The Kier molecular flexibility index (Phi) is 7.52. The first-order valence-corrected chi connectivity index (χ1v) is 14.6. The maximum absolute atomic E-state index is 12.9. The molecule has 224 valence electrons. The minimum Gasteiger partial charge on any atom is -0.757 e. The van der Waals surface area contributed by atoms with Crippen molar-refractivity contribution in [3.63, 3.8) is 0 Å². The van der Waals surface area contributed by atoms with Crippen molar-refractivity contribution in [2.75, 3.05) is 7.11 Å². The summed E-state index contributed by atoms with van der Waals surface area (Å²) in [6, 6.07) is 20.8. The van der Waals surface area contributed by atoms with Crippen LogP contribution in [0.2, 0.25) is 0 Å². The van der Waals surface area contributed by atoms with Crippen molar-refractivity contribution in [2.45, 2.75) is 77.5 Å². The average Bonchev–Trinajstić information content (AvgIpc) is 3.26. The first kappa shape index (κ1) is 30.7. The van der Waals surface area contributed by atoms with Gasteiger partial charge in [0.25, 0.3) is 0 Å². The van der Waals surface area contributed by atoms with E-state index in [2.05, 4.69) is 23.7 Å². The number of methoxy groups -OCH3 is 1. The van der Waals surface area contributed by atoms with Gasteiger partial charge in [0.1, 0.15) is 11.6 Å². The quantitative estimate of drug-likeness (QED) is 0.252. The summed E-state index contributed by atoms with van der Waals surface area (Å²) >= 11 is 0. The molecular weight excluding hydrogens is 548 g/mol. The number of rotatable bonds is 3. The van der Waals surface area contributed by atoms with Crippen molar-refractivity contribution >= 4 is 11.7 Å². The molecule has 2 aliphatic heterocycles. The molecule has 3 aromatic rings. The van der Waals surface area contributed by atoms with Crippen molar-refractivity contribution in [3.05, 3.63) is 110 Å². The summed E-state index contributed by atoms with van der Waals surface area (Å²) < 4.78 is 6.51. The third-order valence-corrected chi connectivity index (χ3v) is 9.30. The Morgan fingerprint density at radius 1 is 0.682 bits per heavy atom. The number of nitroso groups, excluding NO2 is 1. The summed E-state index contributed by atoms with van der Waals surface area (Å²) in [5, 5.41) is 13.9. The Labute approximate surface area is 260 Å². The number of benzene rings is 3. The molecule has 7 heteroatoms. The van der Waals surface area contributed by atoms with E-state index in [1.807, 2.05) is 122 Å². The molecule has 7 nitrogen and oxygen atoms in total. The SMILES string of the molecule is COc1cc(C#Cc2ccc(C3=NC(C)(C)C(C)(C)N3[O-])cc2)cc(C#Cc2ccc(C3=NC(C)(C)C(C)(C)[N+]3=O)cc2)c1. The van der Waals surface area contributed by atoms with Crippen LogP contribution in [0.1, 0.15) is 88.8 Å². The van der Waals surface area contributed by atoms with E-state index >= 15 is 0 Å². The fourth-order valence-corrected chi connectivity index (χ4v) is 4.84. The molecule has 0 saturated heterocycles. The minimum atomic E-state index is -0.629. The average molecular weight is 587 g/mol. The van der Waals surface area contributed by atoms with Crippen molar-refractivity contribution in [1.82, 2.24) is 5.06 Å². The summed E-state index contributed by atoms with van der Waals surface area (Å²) in [6.07, 6.45) is 0. The number of hydroxylamine groups is 2. The molecule has 0 aromatic heterocycles. The monoisotopic (exact) mass is 586 g/mol. The maximum Gasteiger partial charge on any atom is 0.364 e. The minimum absolute atomic E-state index is 0.442. The molecule has 3 aromatic carbocycles. The summed E-state index contributed by atoms with van der Waals surface area (Å²) in [5.74, 6) is 14.4. The molecule has 0 aliphatic carbocycles. The smallest absolute Gasteiger partial charge is 0.364 e.